The Balaban J connectivity index is 1.62. The molecule has 2 aromatic rings. The van der Waals surface area contributed by atoms with Gasteiger partial charge in [0.15, 0.2) is 17.3 Å². The van der Waals surface area contributed by atoms with E-state index in [1.165, 1.54) is 0 Å². The van der Waals surface area contributed by atoms with Gasteiger partial charge in [-0.15, -0.1) is 0 Å². The third-order valence-electron chi connectivity index (χ3n) is 6.61. The minimum Gasteiger partial charge on any atom is -0.454 e. The fourth-order valence-corrected chi connectivity index (χ4v) is 5.07. The fourth-order valence-electron chi connectivity index (χ4n) is 5.07. The SMILES string of the molecule is CC1=C(C(=O)Nc2ccccc2C)[C@@H](c2ccc3c(c2)OCO3)C2=C(CC(C)(C)CC2=O)N1. The second-order valence-electron chi connectivity index (χ2n) is 9.81. The molecule has 2 N–H and O–H groups in total. The Morgan fingerprint density at radius 1 is 1.06 bits per heavy atom. The third kappa shape index (κ3) is 3.80. The molecule has 5 rings (SSSR count). The number of aryl methyl sites for hydroxylation is 1. The van der Waals surface area contributed by atoms with Crippen LogP contribution >= 0.6 is 0 Å². The van der Waals surface area contributed by atoms with E-state index in [0.29, 0.717) is 29.1 Å². The van der Waals surface area contributed by atoms with Crippen molar-refractivity contribution in [3.63, 3.8) is 0 Å². The van der Waals surface area contributed by atoms with Crippen LogP contribution in [-0.2, 0) is 9.59 Å². The summed E-state index contributed by atoms with van der Waals surface area (Å²) in [4.78, 5) is 27.1. The maximum atomic E-state index is 13.7. The minimum atomic E-state index is -0.483. The monoisotopic (exact) mass is 444 g/mol. The van der Waals surface area contributed by atoms with E-state index in [1.54, 1.807) is 0 Å². The molecule has 1 aliphatic carbocycles. The molecule has 2 aromatic carbocycles. The van der Waals surface area contributed by atoms with Gasteiger partial charge < -0.3 is 20.1 Å². The summed E-state index contributed by atoms with van der Waals surface area (Å²) in [6.45, 7) is 8.24. The first kappa shape index (κ1) is 21.3. The average molecular weight is 445 g/mol. The lowest BCUT2D eigenvalue weighted by Crippen LogP contribution is -2.39. The molecule has 0 aromatic heterocycles. The van der Waals surface area contributed by atoms with Gasteiger partial charge in [-0.1, -0.05) is 38.1 Å². The van der Waals surface area contributed by atoms with Crippen LogP contribution in [0, 0.1) is 12.3 Å². The number of anilines is 1. The number of benzene rings is 2. The summed E-state index contributed by atoms with van der Waals surface area (Å²) in [5, 5.41) is 6.47. The Hall–Kier alpha value is -3.54. The molecule has 6 heteroatoms. The predicted octanol–water partition coefficient (Wildman–Crippen LogP) is 4.97. The van der Waals surface area contributed by atoms with Gasteiger partial charge in [0.25, 0.3) is 5.91 Å². The first-order valence-electron chi connectivity index (χ1n) is 11.2. The lowest BCUT2D eigenvalue weighted by atomic mass is 9.68. The smallest absolute Gasteiger partial charge is 0.254 e. The summed E-state index contributed by atoms with van der Waals surface area (Å²) < 4.78 is 11.1. The van der Waals surface area contributed by atoms with Gasteiger partial charge in [0.05, 0.1) is 0 Å². The van der Waals surface area contributed by atoms with Gasteiger partial charge in [0.2, 0.25) is 6.79 Å². The van der Waals surface area contributed by atoms with Crippen LogP contribution < -0.4 is 20.1 Å². The number of hydrogen-bond acceptors (Lipinski definition) is 5. The molecule has 0 unspecified atom stereocenters. The first-order chi connectivity index (χ1) is 15.7. The zero-order chi connectivity index (χ0) is 23.3. The maximum absolute atomic E-state index is 13.7. The molecule has 2 aliphatic heterocycles. The molecule has 2 heterocycles. The highest BCUT2D eigenvalue weighted by Crippen LogP contribution is 2.48. The predicted molar refractivity (Wildman–Crippen MR) is 126 cm³/mol. The number of ether oxygens (including phenoxy) is 2. The number of allylic oxidation sites excluding steroid dienone is 3. The fraction of sp³-hybridized carbons (Fsp3) is 0.333. The Kier molecular flexibility index (Phi) is 5.04. The van der Waals surface area contributed by atoms with Crippen molar-refractivity contribution in [1.82, 2.24) is 5.32 Å². The van der Waals surface area contributed by atoms with Gasteiger partial charge in [0, 0.05) is 40.6 Å². The van der Waals surface area contributed by atoms with Crippen molar-refractivity contribution in [1.29, 1.82) is 0 Å². The van der Waals surface area contributed by atoms with E-state index in [0.717, 1.165) is 34.6 Å². The number of rotatable bonds is 3. The number of para-hydroxylation sites is 1. The quantitative estimate of drug-likeness (QED) is 0.699. The number of nitrogens with one attached hydrogen (secondary N) is 2. The number of dihydropyridines is 1. The zero-order valence-electron chi connectivity index (χ0n) is 19.4. The van der Waals surface area contributed by atoms with Crippen LogP contribution in [0.1, 0.15) is 50.7 Å². The molecule has 0 saturated carbocycles. The van der Waals surface area contributed by atoms with E-state index >= 15 is 0 Å². The van der Waals surface area contributed by atoms with E-state index in [9.17, 15) is 9.59 Å². The Morgan fingerprint density at radius 2 is 1.82 bits per heavy atom. The molecular formula is C27H28N2O4. The van der Waals surface area contributed by atoms with Crippen molar-refractivity contribution in [3.8, 4) is 11.5 Å². The van der Waals surface area contributed by atoms with E-state index in [2.05, 4.69) is 24.5 Å². The van der Waals surface area contributed by atoms with Crippen molar-refractivity contribution in [2.45, 2.75) is 46.5 Å². The minimum absolute atomic E-state index is 0.0742. The summed E-state index contributed by atoms with van der Waals surface area (Å²) >= 11 is 0. The van der Waals surface area contributed by atoms with E-state index in [-0.39, 0.29) is 23.9 Å². The molecule has 33 heavy (non-hydrogen) atoms. The highest BCUT2D eigenvalue weighted by atomic mass is 16.7. The number of fused-ring (bicyclic) bond motifs is 1. The second kappa shape index (κ2) is 7.80. The largest absolute Gasteiger partial charge is 0.454 e. The summed E-state index contributed by atoms with van der Waals surface area (Å²) in [6, 6.07) is 13.3. The van der Waals surface area contributed by atoms with Gasteiger partial charge in [0.1, 0.15) is 0 Å². The molecule has 0 saturated heterocycles. The van der Waals surface area contributed by atoms with E-state index in [4.69, 9.17) is 9.47 Å². The van der Waals surface area contributed by atoms with Crippen molar-refractivity contribution in [2.24, 2.45) is 5.41 Å². The number of ketones is 1. The highest BCUT2D eigenvalue weighted by Gasteiger charge is 2.43. The molecule has 0 fully saturated rings. The molecule has 0 spiro atoms. The lowest BCUT2D eigenvalue weighted by molar-refractivity contribution is -0.118. The zero-order valence-corrected chi connectivity index (χ0v) is 19.4. The molecule has 1 atom stereocenters. The van der Waals surface area contributed by atoms with E-state index < -0.39 is 5.92 Å². The highest BCUT2D eigenvalue weighted by molar-refractivity contribution is 6.10. The Morgan fingerprint density at radius 3 is 2.61 bits per heavy atom. The second-order valence-corrected chi connectivity index (χ2v) is 9.81. The molecule has 0 radical (unpaired) electrons. The molecule has 0 bridgehead atoms. The van der Waals surface area contributed by atoms with Crippen LogP contribution in [-0.4, -0.2) is 18.5 Å². The molecule has 3 aliphatic rings. The summed E-state index contributed by atoms with van der Waals surface area (Å²) in [7, 11) is 0. The van der Waals surface area contributed by atoms with Crippen molar-refractivity contribution >= 4 is 17.4 Å². The summed E-state index contributed by atoms with van der Waals surface area (Å²) in [5.41, 5.74) is 5.32. The Labute approximate surface area is 193 Å². The number of carbonyl (C=O) groups is 2. The average Bonchev–Trinajstić information content (AvgIpc) is 3.21. The molecule has 6 nitrogen and oxygen atoms in total. The standard InChI is InChI=1S/C27H28N2O4/c1-15-7-5-6-8-18(15)29-26(31)23-16(2)28-19-12-27(3,4)13-20(30)25(19)24(23)17-9-10-21-22(11-17)33-14-32-21/h5-11,24,28H,12-14H2,1-4H3,(H,29,31)/t24-/m1/s1. The number of hydrogen-bond donors (Lipinski definition) is 2. The van der Waals surface area contributed by atoms with Crippen LogP contribution in [0.25, 0.3) is 0 Å². The van der Waals surface area contributed by atoms with Gasteiger partial charge in [-0.25, -0.2) is 0 Å². The number of amides is 1. The molecular weight excluding hydrogens is 416 g/mol. The van der Waals surface area contributed by atoms with Crippen LogP contribution in [0.2, 0.25) is 0 Å². The van der Waals surface area contributed by atoms with Gasteiger partial charge in [-0.3, -0.25) is 9.59 Å². The van der Waals surface area contributed by atoms with Crippen LogP contribution in [0.5, 0.6) is 11.5 Å². The van der Waals surface area contributed by atoms with E-state index in [1.807, 2.05) is 56.3 Å². The van der Waals surface area contributed by atoms with Crippen molar-refractivity contribution in [2.75, 3.05) is 12.1 Å². The third-order valence-corrected chi connectivity index (χ3v) is 6.61. The van der Waals surface area contributed by atoms with Gasteiger partial charge >= 0.3 is 0 Å². The van der Waals surface area contributed by atoms with Crippen molar-refractivity contribution < 1.29 is 19.1 Å². The first-order valence-corrected chi connectivity index (χ1v) is 11.2. The lowest BCUT2D eigenvalue weighted by Gasteiger charge is -2.39. The summed E-state index contributed by atoms with van der Waals surface area (Å²) in [6.07, 6.45) is 1.19. The normalized spacial score (nSPS) is 21.0. The summed E-state index contributed by atoms with van der Waals surface area (Å²) in [5.74, 6) is 0.673. The van der Waals surface area contributed by atoms with Crippen LogP contribution in [0.3, 0.4) is 0 Å². The number of carbonyl (C=O) groups excluding carboxylic acids is 2. The molecule has 1 amide bonds. The maximum Gasteiger partial charge on any atom is 0.254 e. The topological polar surface area (TPSA) is 76.7 Å². The molecule has 170 valence electrons. The van der Waals surface area contributed by atoms with Gasteiger partial charge in [-0.05, 0) is 55.0 Å². The van der Waals surface area contributed by atoms with Crippen LogP contribution in [0.4, 0.5) is 5.69 Å². The number of Topliss-reactive ketones (excluding diaryl/α,β-unsaturated/α-hetero) is 1. The van der Waals surface area contributed by atoms with Gasteiger partial charge in [-0.2, -0.15) is 0 Å². The Bertz CT molecular complexity index is 1240. The van der Waals surface area contributed by atoms with Crippen molar-refractivity contribution in [3.05, 3.63) is 76.1 Å². The van der Waals surface area contributed by atoms with Crippen LogP contribution in [0.15, 0.2) is 65.0 Å².